The van der Waals surface area contributed by atoms with Crippen molar-refractivity contribution in [2.75, 3.05) is 51.7 Å². The van der Waals surface area contributed by atoms with Gasteiger partial charge in [-0.1, -0.05) is 23.6 Å². The molecule has 0 radical (unpaired) electrons. The Hall–Kier alpha value is -4.21. The highest BCUT2D eigenvalue weighted by Crippen LogP contribution is 2.34. The summed E-state index contributed by atoms with van der Waals surface area (Å²) in [6, 6.07) is 4.01. The van der Waals surface area contributed by atoms with Crippen molar-refractivity contribution in [1.29, 1.82) is 0 Å². The second-order valence-electron chi connectivity index (χ2n) is 10.4. The molecular weight excluding hydrogens is 594 g/mol. The van der Waals surface area contributed by atoms with E-state index in [9.17, 15) is 14.7 Å². The average molecular weight is 628 g/mol. The van der Waals surface area contributed by atoms with Crippen LogP contribution in [-0.4, -0.2) is 111 Å². The highest BCUT2D eigenvalue weighted by Gasteiger charge is 2.48. The Morgan fingerprint density at radius 2 is 2.05 bits per heavy atom. The molecule has 2 saturated heterocycles. The fourth-order valence-corrected chi connectivity index (χ4v) is 5.57. The van der Waals surface area contributed by atoms with Crippen LogP contribution in [0, 0.1) is 0 Å². The van der Waals surface area contributed by atoms with Gasteiger partial charge in [0.25, 0.3) is 5.91 Å². The van der Waals surface area contributed by atoms with Crippen LogP contribution in [0.2, 0.25) is 5.02 Å². The quantitative estimate of drug-likeness (QED) is 0.160. The zero-order valence-corrected chi connectivity index (χ0v) is 25.1. The van der Waals surface area contributed by atoms with Crippen LogP contribution in [-0.2, 0) is 20.9 Å². The normalized spacial score (nSPS) is 22.0. The number of aliphatic hydroxyl groups excluding tert-OH is 1. The summed E-state index contributed by atoms with van der Waals surface area (Å²) in [5.74, 6) is 0.266. The number of fused-ring (bicyclic) bond motifs is 1. The molecule has 0 aliphatic carbocycles. The number of imidazole rings is 1. The fraction of sp³-hybridized carbons (Fsp3) is 0.519. The fourth-order valence-electron chi connectivity index (χ4n) is 5.38. The van der Waals surface area contributed by atoms with Gasteiger partial charge in [-0.3, -0.25) is 19.1 Å². The number of hydrogen-bond donors (Lipinski definition) is 3. The van der Waals surface area contributed by atoms with E-state index >= 15 is 0 Å². The number of anilines is 1. The van der Waals surface area contributed by atoms with E-state index in [4.69, 9.17) is 26.6 Å². The van der Waals surface area contributed by atoms with Crippen LogP contribution in [0.15, 0.2) is 36.0 Å². The number of aromatic nitrogens is 4. The molecule has 2 aliphatic heterocycles. The van der Waals surface area contributed by atoms with Crippen molar-refractivity contribution >= 4 is 40.4 Å². The minimum Gasteiger partial charge on any atom is -0.483 e. The van der Waals surface area contributed by atoms with Gasteiger partial charge in [0.1, 0.15) is 30.3 Å². The Bertz CT molecular complexity index is 1540. The van der Waals surface area contributed by atoms with Crippen LogP contribution < -0.4 is 15.4 Å². The van der Waals surface area contributed by atoms with E-state index in [1.54, 1.807) is 18.2 Å². The third-order valence-corrected chi connectivity index (χ3v) is 7.88. The molecule has 0 bridgehead atoms. The summed E-state index contributed by atoms with van der Waals surface area (Å²) in [5.41, 5.74) is 10.3. The number of benzene rings is 1. The average Bonchev–Trinajstić information content (AvgIpc) is 3.60. The van der Waals surface area contributed by atoms with Crippen LogP contribution in [0.4, 0.5) is 5.82 Å². The molecule has 2 fully saturated rings. The number of ether oxygens (including phenoxy) is 2. The van der Waals surface area contributed by atoms with Crippen molar-refractivity contribution in [3.8, 4) is 5.75 Å². The van der Waals surface area contributed by atoms with Crippen LogP contribution >= 0.6 is 11.6 Å². The number of nitrogens with one attached hydrogen (secondary N) is 2. The summed E-state index contributed by atoms with van der Waals surface area (Å²) in [6.45, 7) is 6.38. The standard InChI is InChI=1S/C27H34ClN11O5/c1-3-6-37-7-9-38(10-8-37)19(40)13-43-18-5-4-17(28)11-16(18)12-31-24-21-25(33-14-32-24)39(15-34-21)27-22(41)20(35-36-29)23(44-27)26(42)30-2/h4-5,11,14-15,20,22-23,27,41H,3,6-10,12-13H2,1-2H3,(H,30,42)(H,31,32,33)/t20-,22+,23-,27+/m0/s1. The zero-order valence-electron chi connectivity index (χ0n) is 24.3. The van der Waals surface area contributed by atoms with Crippen molar-refractivity contribution in [3.63, 3.8) is 0 Å². The number of likely N-dealkylation sites (N-methyl/N-ethyl adjacent to an activating group) is 1. The van der Waals surface area contributed by atoms with E-state index in [1.807, 2.05) is 4.90 Å². The first-order chi connectivity index (χ1) is 21.3. The van der Waals surface area contributed by atoms with Crippen molar-refractivity contribution < 1.29 is 24.2 Å². The van der Waals surface area contributed by atoms with E-state index in [0.717, 1.165) is 26.1 Å². The lowest BCUT2D eigenvalue weighted by atomic mass is 10.1. The number of amides is 2. The molecule has 4 heterocycles. The molecule has 17 heteroatoms. The number of piperazine rings is 1. The van der Waals surface area contributed by atoms with Gasteiger partial charge in [-0.15, -0.1) is 0 Å². The molecule has 234 valence electrons. The first kappa shape index (κ1) is 31.2. The Morgan fingerprint density at radius 1 is 1.25 bits per heavy atom. The minimum atomic E-state index is -1.34. The number of hydrogen-bond acceptors (Lipinski definition) is 11. The van der Waals surface area contributed by atoms with Crippen LogP contribution in [0.1, 0.15) is 25.1 Å². The van der Waals surface area contributed by atoms with Gasteiger partial charge in [0.2, 0.25) is 5.91 Å². The van der Waals surface area contributed by atoms with E-state index < -0.39 is 30.4 Å². The highest BCUT2D eigenvalue weighted by molar-refractivity contribution is 6.30. The second kappa shape index (κ2) is 14.1. The van der Waals surface area contributed by atoms with Crippen LogP contribution in [0.3, 0.4) is 0 Å². The highest BCUT2D eigenvalue weighted by atomic mass is 35.5. The van der Waals surface area contributed by atoms with E-state index in [2.05, 4.69) is 47.4 Å². The Kier molecular flexibility index (Phi) is 9.97. The summed E-state index contributed by atoms with van der Waals surface area (Å²) in [6.07, 6.45) is 0.168. The molecule has 0 unspecified atom stereocenters. The zero-order chi connectivity index (χ0) is 31.2. The summed E-state index contributed by atoms with van der Waals surface area (Å²) in [7, 11) is 1.42. The number of carbonyl (C=O) groups is 2. The molecular formula is C27H34ClN11O5. The van der Waals surface area contributed by atoms with Crippen LogP contribution in [0.25, 0.3) is 21.6 Å². The number of carbonyl (C=O) groups excluding carboxylic acids is 2. The molecule has 0 saturated carbocycles. The number of halogens is 1. The number of rotatable bonds is 11. The summed E-state index contributed by atoms with van der Waals surface area (Å²) in [4.78, 5) is 45.1. The first-order valence-corrected chi connectivity index (χ1v) is 14.6. The molecule has 5 rings (SSSR count). The van der Waals surface area contributed by atoms with Gasteiger partial charge in [0, 0.05) is 55.3 Å². The second-order valence-corrected chi connectivity index (χ2v) is 10.8. The predicted molar refractivity (Wildman–Crippen MR) is 160 cm³/mol. The van der Waals surface area contributed by atoms with Gasteiger partial charge < -0.3 is 30.1 Å². The van der Waals surface area contributed by atoms with E-state index in [1.165, 1.54) is 24.3 Å². The number of azide groups is 1. The third-order valence-electron chi connectivity index (χ3n) is 7.65. The SMILES string of the molecule is CCCN1CCN(C(=O)COc2ccc(Cl)cc2CNc2ncnc3c2ncn3[C@@H]2O[C@H](C(=O)NC)[C@@H](N=[N+]=[N-])[C@H]2O)CC1. The van der Waals surface area contributed by atoms with Crippen LogP contribution in [0.5, 0.6) is 5.75 Å². The molecule has 2 aliphatic rings. The Labute approximate surface area is 257 Å². The van der Waals surface area contributed by atoms with Crippen molar-refractivity contribution in [2.24, 2.45) is 5.11 Å². The Balaban J connectivity index is 1.28. The van der Waals surface area contributed by atoms with Crippen molar-refractivity contribution in [3.05, 3.63) is 51.9 Å². The number of nitrogens with zero attached hydrogens (tertiary/aromatic N) is 9. The van der Waals surface area contributed by atoms with E-state index in [0.29, 0.717) is 46.4 Å². The molecule has 4 atom stereocenters. The lowest BCUT2D eigenvalue weighted by Gasteiger charge is -2.34. The molecule has 2 aromatic heterocycles. The topological polar surface area (TPSA) is 196 Å². The molecule has 2 amide bonds. The number of aliphatic hydroxyl groups is 1. The summed E-state index contributed by atoms with van der Waals surface area (Å²) in [5, 5.41) is 20.6. The lowest BCUT2D eigenvalue weighted by Crippen LogP contribution is -2.50. The van der Waals surface area contributed by atoms with Gasteiger partial charge in [-0.2, -0.15) is 0 Å². The first-order valence-electron chi connectivity index (χ1n) is 14.3. The molecule has 16 nitrogen and oxygen atoms in total. The van der Waals surface area contributed by atoms with Gasteiger partial charge in [-0.25, -0.2) is 15.0 Å². The summed E-state index contributed by atoms with van der Waals surface area (Å²) >= 11 is 6.29. The van der Waals surface area contributed by atoms with Gasteiger partial charge in [0.15, 0.2) is 29.8 Å². The van der Waals surface area contributed by atoms with Crippen molar-refractivity contribution in [1.82, 2.24) is 34.6 Å². The molecule has 1 aromatic carbocycles. The van der Waals surface area contributed by atoms with Gasteiger partial charge >= 0.3 is 0 Å². The maximum atomic E-state index is 12.8. The van der Waals surface area contributed by atoms with Gasteiger partial charge in [0.05, 0.1) is 6.33 Å². The maximum Gasteiger partial charge on any atom is 0.260 e. The third kappa shape index (κ3) is 6.64. The van der Waals surface area contributed by atoms with Crippen molar-refractivity contribution in [2.45, 2.75) is 44.4 Å². The Morgan fingerprint density at radius 3 is 2.77 bits per heavy atom. The lowest BCUT2D eigenvalue weighted by molar-refractivity contribution is -0.135. The van der Waals surface area contributed by atoms with E-state index in [-0.39, 0.29) is 19.1 Å². The van der Waals surface area contributed by atoms with Gasteiger partial charge in [-0.05, 0) is 36.7 Å². The minimum absolute atomic E-state index is 0.0734. The predicted octanol–water partition coefficient (Wildman–Crippen LogP) is 1.71. The largest absolute Gasteiger partial charge is 0.483 e. The molecule has 3 aromatic rings. The molecule has 0 spiro atoms. The molecule has 3 N–H and O–H groups in total. The monoisotopic (exact) mass is 627 g/mol. The smallest absolute Gasteiger partial charge is 0.260 e. The summed E-state index contributed by atoms with van der Waals surface area (Å²) < 4.78 is 13.2. The molecule has 44 heavy (non-hydrogen) atoms. The maximum absolute atomic E-state index is 12.8.